The Balaban J connectivity index is 2.02. The molecule has 3 nitrogen and oxygen atoms in total. The number of halogens is 2. The highest BCUT2D eigenvalue weighted by molar-refractivity contribution is 9.10. The minimum atomic E-state index is -0.190. The number of hydrogen-bond donors (Lipinski definition) is 1. The summed E-state index contributed by atoms with van der Waals surface area (Å²) in [6, 6.07) is 4.86. The maximum absolute atomic E-state index is 13.4. The summed E-state index contributed by atoms with van der Waals surface area (Å²) in [5, 5.41) is 3.41. The van der Waals surface area contributed by atoms with Crippen LogP contribution >= 0.6 is 15.9 Å². The fraction of sp³-hybridized carbons (Fsp3) is 0.600. The zero-order valence-corrected chi connectivity index (χ0v) is 13.3. The second-order valence-electron chi connectivity index (χ2n) is 5.38. The second-order valence-corrected chi connectivity index (χ2v) is 6.24. The van der Waals surface area contributed by atoms with Crippen molar-refractivity contribution >= 4 is 15.9 Å². The fourth-order valence-corrected chi connectivity index (χ4v) is 2.99. The first-order valence-corrected chi connectivity index (χ1v) is 7.66. The SMILES string of the molecule is COCCNCC1(Cc2cc(F)ccc2Br)CCOC1. The van der Waals surface area contributed by atoms with E-state index in [0.717, 1.165) is 49.2 Å². The first kappa shape index (κ1) is 15.9. The Morgan fingerprint density at radius 1 is 1.50 bits per heavy atom. The number of hydrogen-bond acceptors (Lipinski definition) is 3. The molecule has 112 valence electrons. The van der Waals surface area contributed by atoms with Gasteiger partial charge in [-0.3, -0.25) is 0 Å². The van der Waals surface area contributed by atoms with E-state index in [2.05, 4.69) is 21.2 Å². The average Bonchev–Trinajstić information content (AvgIpc) is 2.88. The molecule has 0 saturated carbocycles. The van der Waals surface area contributed by atoms with E-state index in [1.54, 1.807) is 19.2 Å². The Morgan fingerprint density at radius 2 is 2.35 bits per heavy atom. The summed E-state index contributed by atoms with van der Waals surface area (Å²) in [5.74, 6) is -0.190. The summed E-state index contributed by atoms with van der Waals surface area (Å²) >= 11 is 3.51. The molecule has 2 rings (SSSR count). The van der Waals surface area contributed by atoms with E-state index >= 15 is 0 Å². The van der Waals surface area contributed by atoms with Crippen LogP contribution in [0.2, 0.25) is 0 Å². The highest BCUT2D eigenvalue weighted by atomic mass is 79.9. The van der Waals surface area contributed by atoms with Crippen molar-refractivity contribution in [3.05, 3.63) is 34.1 Å². The third kappa shape index (κ3) is 4.25. The Bertz CT molecular complexity index is 436. The standard InChI is InChI=1S/C15H21BrFNO2/c1-19-7-5-18-10-15(4-6-20-11-15)9-12-8-13(17)2-3-14(12)16/h2-3,8,18H,4-7,9-11H2,1H3. The van der Waals surface area contributed by atoms with Gasteiger partial charge in [0.25, 0.3) is 0 Å². The maximum Gasteiger partial charge on any atom is 0.123 e. The van der Waals surface area contributed by atoms with Gasteiger partial charge in [-0.25, -0.2) is 4.39 Å². The predicted molar refractivity (Wildman–Crippen MR) is 80.4 cm³/mol. The van der Waals surface area contributed by atoms with E-state index in [9.17, 15) is 4.39 Å². The lowest BCUT2D eigenvalue weighted by Gasteiger charge is -2.28. The molecule has 1 unspecified atom stereocenters. The minimum Gasteiger partial charge on any atom is -0.383 e. The van der Waals surface area contributed by atoms with Crippen LogP contribution in [0.25, 0.3) is 0 Å². The lowest BCUT2D eigenvalue weighted by molar-refractivity contribution is 0.144. The molecule has 0 aromatic heterocycles. The highest BCUT2D eigenvalue weighted by Gasteiger charge is 2.35. The van der Waals surface area contributed by atoms with Crippen LogP contribution in [0.15, 0.2) is 22.7 Å². The molecule has 1 N–H and O–H groups in total. The molecule has 1 aromatic carbocycles. The van der Waals surface area contributed by atoms with Gasteiger partial charge >= 0.3 is 0 Å². The second kappa shape index (κ2) is 7.50. The van der Waals surface area contributed by atoms with E-state index in [1.165, 1.54) is 6.07 Å². The van der Waals surface area contributed by atoms with Crippen LogP contribution in [0.1, 0.15) is 12.0 Å². The van der Waals surface area contributed by atoms with E-state index in [1.807, 2.05) is 0 Å². The number of methoxy groups -OCH3 is 1. The Morgan fingerprint density at radius 3 is 3.05 bits per heavy atom. The summed E-state index contributed by atoms with van der Waals surface area (Å²) in [6.45, 7) is 3.87. The van der Waals surface area contributed by atoms with Crippen LogP contribution in [-0.2, 0) is 15.9 Å². The van der Waals surface area contributed by atoms with Gasteiger partial charge in [-0.05, 0) is 36.6 Å². The molecular formula is C15H21BrFNO2. The third-order valence-corrected chi connectivity index (χ3v) is 4.51. The van der Waals surface area contributed by atoms with Gasteiger partial charge < -0.3 is 14.8 Å². The number of nitrogens with one attached hydrogen (secondary N) is 1. The van der Waals surface area contributed by atoms with Gasteiger partial charge in [0.1, 0.15) is 5.82 Å². The van der Waals surface area contributed by atoms with Crippen molar-refractivity contribution in [3.8, 4) is 0 Å². The van der Waals surface area contributed by atoms with Gasteiger partial charge in [-0.15, -0.1) is 0 Å². The minimum absolute atomic E-state index is 0.0457. The number of rotatable bonds is 7. The number of ether oxygens (including phenoxy) is 2. The van der Waals surface area contributed by atoms with E-state index in [4.69, 9.17) is 9.47 Å². The molecule has 1 heterocycles. The Kier molecular flexibility index (Phi) is 5.96. The lowest BCUT2D eigenvalue weighted by Crippen LogP contribution is -2.38. The van der Waals surface area contributed by atoms with Crippen molar-refractivity contribution in [2.75, 3.05) is 40.0 Å². The number of benzene rings is 1. The van der Waals surface area contributed by atoms with Gasteiger partial charge in [0.2, 0.25) is 0 Å². The fourth-order valence-electron chi connectivity index (χ4n) is 2.60. The van der Waals surface area contributed by atoms with E-state index in [0.29, 0.717) is 6.61 Å². The molecular weight excluding hydrogens is 325 g/mol. The summed E-state index contributed by atoms with van der Waals surface area (Å²) in [4.78, 5) is 0. The smallest absolute Gasteiger partial charge is 0.123 e. The van der Waals surface area contributed by atoms with E-state index in [-0.39, 0.29) is 11.2 Å². The quantitative estimate of drug-likeness (QED) is 0.771. The molecule has 1 aliphatic rings. The first-order chi connectivity index (χ1) is 9.65. The Hall–Kier alpha value is -0.490. The Labute approximate surface area is 128 Å². The third-order valence-electron chi connectivity index (χ3n) is 3.74. The maximum atomic E-state index is 13.4. The molecule has 5 heteroatoms. The summed E-state index contributed by atoms with van der Waals surface area (Å²) in [6.07, 6.45) is 1.81. The monoisotopic (exact) mass is 345 g/mol. The lowest BCUT2D eigenvalue weighted by atomic mass is 9.81. The molecule has 1 fully saturated rings. The van der Waals surface area contributed by atoms with Crippen molar-refractivity contribution in [2.45, 2.75) is 12.8 Å². The van der Waals surface area contributed by atoms with Crippen LogP contribution in [-0.4, -0.2) is 40.0 Å². The molecule has 0 aliphatic carbocycles. The largest absolute Gasteiger partial charge is 0.383 e. The molecule has 20 heavy (non-hydrogen) atoms. The zero-order chi connectivity index (χ0) is 14.4. The molecule has 1 aliphatic heterocycles. The van der Waals surface area contributed by atoms with Crippen molar-refractivity contribution in [2.24, 2.45) is 5.41 Å². The van der Waals surface area contributed by atoms with Gasteiger partial charge in [0.15, 0.2) is 0 Å². The molecule has 0 bridgehead atoms. The molecule has 1 saturated heterocycles. The van der Waals surface area contributed by atoms with Crippen molar-refractivity contribution in [1.29, 1.82) is 0 Å². The summed E-state index contributed by atoms with van der Waals surface area (Å²) in [5.41, 5.74) is 1.05. The van der Waals surface area contributed by atoms with Crippen LogP contribution in [0.4, 0.5) is 4.39 Å². The van der Waals surface area contributed by atoms with Gasteiger partial charge in [0.05, 0.1) is 13.2 Å². The zero-order valence-electron chi connectivity index (χ0n) is 11.8. The van der Waals surface area contributed by atoms with Crippen molar-refractivity contribution in [1.82, 2.24) is 5.32 Å². The van der Waals surface area contributed by atoms with Crippen LogP contribution in [0.5, 0.6) is 0 Å². The van der Waals surface area contributed by atoms with Gasteiger partial charge in [-0.1, -0.05) is 15.9 Å². The van der Waals surface area contributed by atoms with Gasteiger partial charge in [0, 0.05) is 36.7 Å². The average molecular weight is 346 g/mol. The molecule has 1 aromatic rings. The van der Waals surface area contributed by atoms with Crippen LogP contribution < -0.4 is 5.32 Å². The van der Waals surface area contributed by atoms with Crippen LogP contribution in [0.3, 0.4) is 0 Å². The van der Waals surface area contributed by atoms with Crippen molar-refractivity contribution in [3.63, 3.8) is 0 Å². The molecule has 1 atom stereocenters. The van der Waals surface area contributed by atoms with Crippen LogP contribution in [0, 0.1) is 11.2 Å². The highest BCUT2D eigenvalue weighted by Crippen LogP contribution is 2.34. The first-order valence-electron chi connectivity index (χ1n) is 6.87. The normalized spacial score (nSPS) is 22.4. The predicted octanol–water partition coefficient (Wildman–Crippen LogP) is 2.77. The summed E-state index contributed by atoms with van der Waals surface area (Å²) < 4.78 is 25.0. The van der Waals surface area contributed by atoms with Gasteiger partial charge in [-0.2, -0.15) is 0 Å². The molecule has 0 radical (unpaired) electrons. The molecule has 0 amide bonds. The molecule has 0 spiro atoms. The van der Waals surface area contributed by atoms with E-state index < -0.39 is 0 Å². The van der Waals surface area contributed by atoms with Crippen molar-refractivity contribution < 1.29 is 13.9 Å². The topological polar surface area (TPSA) is 30.5 Å². The summed E-state index contributed by atoms with van der Waals surface area (Å²) in [7, 11) is 1.69.